The molecule has 4 heteroatoms. The zero-order valence-corrected chi connectivity index (χ0v) is 9.53. The maximum atomic E-state index is 10.8. The number of nitrogens with one attached hydrogen (secondary N) is 1. The number of carboxylic acids is 1. The predicted octanol–water partition coefficient (Wildman–Crippen LogP) is 2.56. The highest BCUT2D eigenvalue weighted by Crippen LogP contribution is 2.28. The number of carboxylic acid groups (broad SMARTS) is 1. The number of hydrogen-bond acceptors (Lipinski definition) is 2. The molecule has 0 bridgehead atoms. The van der Waals surface area contributed by atoms with E-state index in [1.54, 1.807) is 12.1 Å². The Labute approximate surface area is 93.3 Å². The van der Waals surface area contributed by atoms with E-state index in [0.717, 1.165) is 11.1 Å². The number of aromatic amines is 1. The molecule has 1 heterocycles. The van der Waals surface area contributed by atoms with Crippen molar-refractivity contribution in [3.63, 3.8) is 0 Å². The van der Waals surface area contributed by atoms with E-state index in [1.165, 1.54) is 0 Å². The van der Waals surface area contributed by atoms with Crippen molar-refractivity contribution in [2.24, 2.45) is 0 Å². The zero-order valence-electron chi connectivity index (χ0n) is 9.53. The third-order valence-electron chi connectivity index (χ3n) is 2.55. The van der Waals surface area contributed by atoms with Gasteiger partial charge in [0.2, 0.25) is 0 Å². The molecule has 0 saturated heterocycles. The van der Waals surface area contributed by atoms with E-state index in [-0.39, 0.29) is 11.0 Å². The van der Waals surface area contributed by atoms with E-state index in [4.69, 9.17) is 5.11 Å². The molecule has 0 saturated carbocycles. The van der Waals surface area contributed by atoms with Crippen LogP contribution in [0.25, 0.3) is 10.9 Å². The maximum absolute atomic E-state index is 10.8. The fraction of sp³-hybridized carbons (Fsp3) is 0.333. The lowest BCUT2D eigenvalue weighted by molar-refractivity contribution is 0.0697. The SMILES string of the molecule is CC(C)(C)c1[nH]nc2cc(C(=O)O)ccc12. The lowest BCUT2D eigenvalue weighted by atomic mass is 9.90. The van der Waals surface area contributed by atoms with Crippen LogP contribution in [0.15, 0.2) is 18.2 Å². The molecule has 0 unspecified atom stereocenters. The van der Waals surface area contributed by atoms with Crippen molar-refractivity contribution >= 4 is 16.9 Å². The monoisotopic (exact) mass is 218 g/mol. The molecule has 0 spiro atoms. The first-order chi connectivity index (χ1) is 7.39. The molecular weight excluding hydrogens is 204 g/mol. The number of rotatable bonds is 1. The number of benzene rings is 1. The van der Waals surface area contributed by atoms with Crippen LogP contribution in [0.3, 0.4) is 0 Å². The standard InChI is InChI=1S/C12H14N2O2/c1-12(2,3)10-8-5-4-7(11(15)16)6-9(8)13-14-10/h4-6H,1-3H3,(H,13,14)(H,15,16). The Bertz CT molecular complexity index is 550. The van der Waals surface area contributed by atoms with Crippen LogP contribution < -0.4 is 0 Å². The highest BCUT2D eigenvalue weighted by atomic mass is 16.4. The van der Waals surface area contributed by atoms with Crippen molar-refractivity contribution in [3.05, 3.63) is 29.5 Å². The summed E-state index contributed by atoms with van der Waals surface area (Å²) in [6.45, 7) is 6.27. The van der Waals surface area contributed by atoms with Crippen LogP contribution in [-0.2, 0) is 5.41 Å². The van der Waals surface area contributed by atoms with E-state index in [9.17, 15) is 4.79 Å². The number of H-pyrrole nitrogens is 1. The van der Waals surface area contributed by atoms with Gasteiger partial charge in [0.15, 0.2) is 0 Å². The number of aromatic nitrogens is 2. The van der Waals surface area contributed by atoms with E-state index in [1.807, 2.05) is 6.07 Å². The molecule has 0 fully saturated rings. The molecule has 2 aromatic rings. The van der Waals surface area contributed by atoms with E-state index in [0.29, 0.717) is 5.52 Å². The highest BCUT2D eigenvalue weighted by molar-refractivity contribution is 5.93. The van der Waals surface area contributed by atoms with Crippen LogP contribution in [0, 0.1) is 0 Å². The molecule has 0 aliphatic heterocycles. The first-order valence-electron chi connectivity index (χ1n) is 5.11. The Morgan fingerprint density at radius 1 is 1.38 bits per heavy atom. The summed E-state index contributed by atoms with van der Waals surface area (Å²) in [7, 11) is 0. The minimum absolute atomic E-state index is 0.0283. The van der Waals surface area contributed by atoms with Gasteiger partial charge >= 0.3 is 5.97 Å². The van der Waals surface area contributed by atoms with Gasteiger partial charge < -0.3 is 5.11 Å². The summed E-state index contributed by atoms with van der Waals surface area (Å²) < 4.78 is 0. The third-order valence-corrected chi connectivity index (χ3v) is 2.55. The number of aromatic carboxylic acids is 1. The summed E-state index contributed by atoms with van der Waals surface area (Å²) in [5, 5.41) is 17.0. The number of hydrogen-bond donors (Lipinski definition) is 2. The van der Waals surface area contributed by atoms with Gasteiger partial charge in [0, 0.05) is 16.5 Å². The van der Waals surface area contributed by atoms with Gasteiger partial charge in [-0.25, -0.2) is 4.79 Å². The average molecular weight is 218 g/mol. The second kappa shape index (κ2) is 3.33. The normalized spacial score (nSPS) is 11.9. The lowest BCUT2D eigenvalue weighted by Gasteiger charge is -2.16. The van der Waals surface area contributed by atoms with Crippen LogP contribution in [-0.4, -0.2) is 21.3 Å². The van der Waals surface area contributed by atoms with Crippen LogP contribution in [0.5, 0.6) is 0 Å². The van der Waals surface area contributed by atoms with Crippen LogP contribution in [0.4, 0.5) is 0 Å². The fourth-order valence-electron chi connectivity index (χ4n) is 1.72. The van der Waals surface area contributed by atoms with Crippen molar-refractivity contribution in [1.82, 2.24) is 10.2 Å². The molecule has 2 rings (SSSR count). The Hall–Kier alpha value is -1.84. The molecule has 2 N–H and O–H groups in total. The number of carbonyl (C=O) groups is 1. The lowest BCUT2D eigenvalue weighted by Crippen LogP contribution is -2.12. The van der Waals surface area contributed by atoms with Gasteiger partial charge in [-0.3, -0.25) is 5.10 Å². The Balaban J connectivity index is 2.64. The van der Waals surface area contributed by atoms with Gasteiger partial charge in [-0.15, -0.1) is 0 Å². The van der Waals surface area contributed by atoms with Gasteiger partial charge in [-0.05, 0) is 12.1 Å². The van der Waals surface area contributed by atoms with Crippen molar-refractivity contribution in [2.75, 3.05) is 0 Å². The molecule has 0 amide bonds. The Morgan fingerprint density at radius 2 is 2.06 bits per heavy atom. The molecule has 0 aliphatic carbocycles. The first kappa shape index (κ1) is 10.7. The van der Waals surface area contributed by atoms with Gasteiger partial charge in [-0.1, -0.05) is 26.8 Å². The molecule has 1 aromatic carbocycles. The third kappa shape index (κ3) is 1.66. The Kier molecular flexibility index (Phi) is 2.22. The molecular formula is C12H14N2O2. The molecule has 0 radical (unpaired) electrons. The summed E-state index contributed by atoms with van der Waals surface area (Å²) in [6, 6.07) is 5.00. The quantitative estimate of drug-likeness (QED) is 0.773. The number of nitrogens with zero attached hydrogens (tertiary/aromatic N) is 1. The largest absolute Gasteiger partial charge is 0.478 e. The molecule has 1 aromatic heterocycles. The molecule has 84 valence electrons. The minimum Gasteiger partial charge on any atom is -0.478 e. The van der Waals surface area contributed by atoms with E-state index >= 15 is 0 Å². The van der Waals surface area contributed by atoms with Gasteiger partial charge in [-0.2, -0.15) is 5.10 Å². The van der Waals surface area contributed by atoms with E-state index < -0.39 is 5.97 Å². The molecule has 16 heavy (non-hydrogen) atoms. The molecule has 0 atom stereocenters. The smallest absolute Gasteiger partial charge is 0.335 e. The van der Waals surface area contributed by atoms with Crippen molar-refractivity contribution < 1.29 is 9.90 Å². The molecule has 0 aliphatic rings. The number of fused-ring (bicyclic) bond motifs is 1. The van der Waals surface area contributed by atoms with Crippen LogP contribution in [0.1, 0.15) is 36.8 Å². The van der Waals surface area contributed by atoms with Crippen LogP contribution >= 0.6 is 0 Å². The summed E-state index contributed by atoms with van der Waals surface area (Å²) in [5.74, 6) is -0.929. The topological polar surface area (TPSA) is 66.0 Å². The zero-order chi connectivity index (χ0) is 11.9. The average Bonchev–Trinajstić information content (AvgIpc) is 2.58. The van der Waals surface area contributed by atoms with Crippen molar-refractivity contribution in [3.8, 4) is 0 Å². The van der Waals surface area contributed by atoms with Gasteiger partial charge in [0.25, 0.3) is 0 Å². The summed E-state index contributed by atoms with van der Waals surface area (Å²) in [5.41, 5.74) is 1.96. The summed E-state index contributed by atoms with van der Waals surface area (Å²) >= 11 is 0. The summed E-state index contributed by atoms with van der Waals surface area (Å²) in [4.78, 5) is 10.8. The second-order valence-electron chi connectivity index (χ2n) is 4.89. The van der Waals surface area contributed by atoms with E-state index in [2.05, 4.69) is 31.0 Å². The van der Waals surface area contributed by atoms with Crippen molar-refractivity contribution in [1.29, 1.82) is 0 Å². The molecule has 4 nitrogen and oxygen atoms in total. The Morgan fingerprint density at radius 3 is 2.62 bits per heavy atom. The van der Waals surface area contributed by atoms with Gasteiger partial charge in [0.1, 0.15) is 0 Å². The van der Waals surface area contributed by atoms with Crippen molar-refractivity contribution in [2.45, 2.75) is 26.2 Å². The minimum atomic E-state index is -0.929. The van der Waals surface area contributed by atoms with Crippen LogP contribution in [0.2, 0.25) is 0 Å². The summed E-state index contributed by atoms with van der Waals surface area (Å²) in [6.07, 6.45) is 0. The van der Waals surface area contributed by atoms with Gasteiger partial charge in [0.05, 0.1) is 11.1 Å². The highest BCUT2D eigenvalue weighted by Gasteiger charge is 2.19. The fourth-order valence-corrected chi connectivity index (χ4v) is 1.72. The second-order valence-corrected chi connectivity index (χ2v) is 4.89. The predicted molar refractivity (Wildman–Crippen MR) is 61.8 cm³/mol. The first-order valence-corrected chi connectivity index (χ1v) is 5.11. The maximum Gasteiger partial charge on any atom is 0.335 e.